The molecule has 6 nitrogen and oxygen atoms in total. The minimum Gasteiger partial charge on any atom is -0.490 e. The Morgan fingerprint density at radius 1 is 0.971 bits per heavy atom. The number of nitrogens with zero attached hydrogens (tertiary/aromatic N) is 2. The molecular weight excluding hydrogens is 469 g/mol. The van der Waals surface area contributed by atoms with Crippen LogP contribution in [0.3, 0.4) is 0 Å². The highest BCUT2D eigenvalue weighted by Crippen LogP contribution is 2.28. The first kappa shape index (κ1) is 26.0. The van der Waals surface area contributed by atoms with Crippen LogP contribution in [0.1, 0.15) is 32.3 Å². The van der Waals surface area contributed by atoms with Gasteiger partial charge in [0, 0.05) is 31.6 Å². The van der Waals surface area contributed by atoms with E-state index in [1.54, 1.807) is 18.7 Å². The molecule has 0 unspecified atom stereocenters. The number of sulfonamides is 1. The Hall–Kier alpha value is -2.59. The van der Waals surface area contributed by atoms with Gasteiger partial charge in [0.05, 0.1) is 11.5 Å². The zero-order valence-corrected chi connectivity index (χ0v) is 20.3. The first-order chi connectivity index (χ1) is 15.9. The van der Waals surface area contributed by atoms with Gasteiger partial charge >= 0.3 is 0 Å². The molecule has 0 spiro atoms. The van der Waals surface area contributed by atoms with Crippen LogP contribution >= 0.6 is 0 Å². The fraction of sp³-hybridized carbons (Fsp3) is 0.458. The van der Waals surface area contributed by atoms with Crippen LogP contribution in [0.2, 0.25) is 0 Å². The summed E-state index contributed by atoms with van der Waals surface area (Å²) in [5.41, 5.74) is -0.541. The van der Waals surface area contributed by atoms with Crippen LogP contribution in [0.4, 0.5) is 13.2 Å². The van der Waals surface area contributed by atoms with Crippen LogP contribution in [-0.2, 0) is 14.8 Å². The highest BCUT2D eigenvalue weighted by molar-refractivity contribution is 7.89. The second-order valence-corrected chi connectivity index (χ2v) is 10.9. The van der Waals surface area contributed by atoms with E-state index in [4.69, 9.17) is 4.74 Å². The van der Waals surface area contributed by atoms with Crippen molar-refractivity contribution in [2.45, 2.75) is 38.5 Å². The molecule has 2 aromatic rings. The smallest absolute Gasteiger partial charge is 0.243 e. The molecule has 0 saturated carbocycles. The lowest BCUT2D eigenvalue weighted by molar-refractivity contribution is -0.142. The molecule has 1 saturated heterocycles. The van der Waals surface area contributed by atoms with Gasteiger partial charge in [-0.3, -0.25) is 4.79 Å². The molecule has 0 aromatic heterocycles. The van der Waals surface area contributed by atoms with Crippen LogP contribution in [-0.4, -0.2) is 56.3 Å². The van der Waals surface area contributed by atoms with Crippen LogP contribution in [0.5, 0.6) is 5.75 Å². The molecule has 1 heterocycles. The Morgan fingerprint density at radius 3 is 2.21 bits per heavy atom. The summed E-state index contributed by atoms with van der Waals surface area (Å²) in [6, 6.07) is 7.47. The number of carbonyl (C=O) groups excluding carboxylic acids is 1. The van der Waals surface area contributed by atoms with E-state index in [2.05, 4.69) is 0 Å². The van der Waals surface area contributed by atoms with Crippen LogP contribution in [0, 0.1) is 29.8 Å². The first-order valence-electron chi connectivity index (χ1n) is 11.1. The van der Waals surface area contributed by atoms with Crippen LogP contribution < -0.4 is 4.74 Å². The molecule has 0 N–H and O–H groups in total. The zero-order valence-electron chi connectivity index (χ0n) is 19.5. The number of hydrogen-bond acceptors (Lipinski definition) is 4. The van der Waals surface area contributed by atoms with Crippen molar-refractivity contribution >= 4 is 15.9 Å². The van der Waals surface area contributed by atoms with Crippen LogP contribution in [0.25, 0.3) is 0 Å². The second-order valence-electron chi connectivity index (χ2n) is 8.99. The Bertz CT molecular complexity index is 1130. The van der Waals surface area contributed by atoms with E-state index in [1.807, 2.05) is 0 Å². The van der Waals surface area contributed by atoms with Crippen molar-refractivity contribution in [2.75, 3.05) is 32.8 Å². The number of amides is 1. The number of hydrogen-bond donors (Lipinski definition) is 0. The van der Waals surface area contributed by atoms with Crippen molar-refractivity contribution in [1.82, 2.24) is 9.21 Å². The molecule has 0 radical (unpaired) electrons. The van der Waals surface area contributed by atoms with Crippen molar-refractivity contribution in [2.24, 2.45) is 5.41 Å². The maximum atomic E-state index is 13.9. The third-order valence-electron chi connectivity index (χ3n) is 6.00. The fourth-order valence-electron chi connectivity index (χ4n) is 3.86. The zero-order chi connectivity index (χ0) is 25.1. The molecule has 1 amide bonds. The van der Waals surface area contributed by atoms with Gasteiger partial charge in [-0.05, 0) is 55.7 Å². The molecular formula is C24H29F3N2O4S. The Balaban J connectivity index is 1.50. The molecule has 0 atom stereocenters. The minimum absolute atomic E-state index is 0.0129. The number of halogens is 3. The molecule has 3 rings (SSSR count). The molecule has 1 aliphatic heterocycles. The van der Waals surface area contributed by atoms with Gasteiger partial charge in [-0.25, -0.2) is 17.2 Å². The van der Waals surface area contributed by atoms with Crippen molar-refractivity contribution in [3.63, 3.8) is 0 Å². The summed E-state index contributed by atoms with van der Waals surface area (Å²) in [6.07, 6.45) is 0.905. The van der Waals surface area contributed by atoms with Crippen molar-refractivity contribution in [1.29, 1.82) is 0 Å². The minimum atomic E-state index is -3.76. The maximum Gasteiger partial charge on any atom is 0.243 e. The lowest BCUT2D eigenvalue weighted by atomic mass is 9.86. The number of rotatable bonds is 8. The summed E-state index contributed by atoms with van der Waals surface area (Å²) in [4.78, 5) is 14.7. The highest BCUT2D eigenvalue weighted by atomic mass is 32.2. The molecule has 186 valence electrons. The standard InChI is InChI=1S/C24H29F3N2O4S/c1-17-5-10-20(22(27)21(17)26)33-16-4-11-24(2,3)23(30)28-12-14-29(15-13-28)34(31,32)19-8-6-18(25)7-9-19/h5-10H,4,11-16H2,1-3H3. The van der Waals surface area contributed by atoms with Gasteiger partial charge in [-0.1, -0.05) is 19.9 Å². The number of carbonyl (C=O) groups is 1. The van der Waals surface area contributed by atoms with Crippen LogP contribution in [0.15, 0.2) is 41.3 Å². The molecule has 1 fully saturated rings. The summed E-state index contributed by atoms with van der Waals surface area (Å²) in [5, 5.41) is 0. The topological polar surface area (TPSA) is 66.9 Å². The Labute approximate surface area is 198 Å². The molecule has 0 bridgehead atoms. The summed E-state index contributed by atoms with van der Waals surface area (Å²) >= 11 is 0. The maximum absolute atomic E-state index is 13.9. The Kier molecular flexibility index (Phi) is 7.92. The average molecular weight is 499 g/mol. The number of piperazine rings is 1. The number of ether oxygens (including phenoxy) is 1. The molecule has 1 aliphatic rings. The van der Waals surface area contributed by atoms with Gasteiger partial charge in [0.25, 0.3) is 0 Å². The summed E-state index contributed by atoms with van der Waals surface area (Å²) in [5.74, 6) is -2.75. The van der Waals surface area contributed by atoms with Gasteiger partial charge < -0.3 is 9.64 Å². The molecule has 2 aromatic carbocycles. The van der Waals surface area contributed by atoms with E-state index in [0.29, 0.717) is 12.8 Å². The van der Waals surface area contributed by atoms with Crippen molar-refractivity contribution in [3.8, 4) is 5.75 Å². The van der Waals surface area contributed by atoms with Gasteiger partial charge in [0.15, 0.2) is 11.6 Å². The number of benzene rings is 2. The quantitative estimate of drug-likeness (QED) is 0.514. The normalized spacial score (nSPS) is 15.4. The lowest BCUT2D eigenvalue weighted by Gasteiger charge is -2.38. The van der Waals surface area contributed by atoms with E-state index in [0.717, 1.165) is 12.1 Å². The highest BCUT2D eigenvalue weighted by Gasteiger charge is 2.36. The summed E-state index contributed by atoms with van der Waals surface area (Å²) in [6.45, 7) is 5.95. The van der Waals surface area contributed by atoms with Gasteiger partial charge in [0.2, 0.25) is 21.7 Å². The summed E-state index contributed by atoms with van der Waals surface area (Å²) in [7, 11) is -3.76. The molecule has 34 heavy (non-hydrogen) atoms. The predicted molar refractivity (Wildman–Crippen MR) is 121 cm³/mol. The van der Waals surface area contributed by atoms with Crippen molar-refractivity contribution < 1.29 is 31.1 Å². The number of aryl methyl sites for hydroxylation is 1. The van der Waals surface area contributed by atoms with Gasteiger partial charge in [-0.15, -0.1) is 0 Å². The van der Waals surface area contributed by atoms with Gasteiger partial charge in [-0.2, -0.15) is 8.70 Å². The van der Waals surface area contributed by atoms with E-state index in [1.165, 1.54) is 35.5 Å². The Morgan fingerprint density at radius 2 is 1.59 bits per heavy atom. The van der Waals surface area contributed by atoms with E-state index in [9.17, 15) is 26.4 Å². The third-order valence-corrected chi connectivity index (χ3v) is 7.91. The second kappa shape index (κ2) is 10.4. The van der Waals surface area contributed by atoms with E-state index < -0.39 is 32.9 Å². The van der Waals surface area contributed by atoms with E-state index in [-0.39, 0.29) is 54.9 Å². The summed E-state index contributed by atoms with van der Waals surface area (Å²) < 4.78 is 72.9. The largest absolute Gasteiger partial charge is 0.490 e. The monoisotopic (exact) mass is 498 g/mol. The third kappa shape index (κ3) is 5.72. The molecule has 10 heteroatoms. The molecule has 0 aliphatic carbocycles. The predicted octanol–water partition coefficient (Wildman–Crippen LogP) is 4.13. The van der Waals surface area contributed by atoms with Gasteiger partial charge in [0.1, 0.15) is 5.82 Å². The average Bonchev–Trinajstić information content (AvgIpc) is 2.81. The van der Waals surface area contributed by atoms with E-state index >= 15 is 0 Å². The lowest BCUT2D eigenvalue weighted by Crippen LogP contribution is -2.53. The first-order valence-corrected chi connectivity index (χ1v) is 12.5. The fourth-order valence-corrected chi connectivity index (χ4v) is 5.28. The van der Waals surface area contributed by atoms with Crippen molar-refractivity contribution in [3.05, 3.63) is 59.4 Å². The SMILES string of the molecule is Cc1ccc(OCCCC(C)(C)C(=O)N2CCN(S(=O)(=O)c3ccc(F)cc3)CC2)c(F)c1F.